The standard InChI is InChI=1S/C17H28N2/c1-14-4-6-17(7-5-14)13-19-10-8-16(9-11-19)12-15(2)18-3/h4-7,15-16,18H,8-13H2,1-3H3. The van der Waals surface area contributed by atoms with Gasteiger partial charge in [0.1, 0.15) is 0 Å². The molecule has 1 N–H and O–H groups in total. The fourth-order valence-electron chi connectivity index (χ4n) is 2.95. The van der Waals surface area contributed by atoms with Crippen LogP contribution in [0.2, 0.25) is 0 Å². The third-order valence-electron chi connectivity index (χ3n) is 4.41. The average molecular weight is 260 g/mol. The van der Waals surface area contributed by atoms with Gasteiger partial charge in [-0.3, -0.25) is 4.90 Å². The van der Waals surface area contributed by atoms with Crippen LogP contribution in [0.3, 0.4) is 0 Å². The summed E-state index contributed by atoms with van der Waals surface area (Å²) in [7, 11) is 2.07. The summed E-state index contributed by atoms with van der Waals surface area (Å²) in [5.41, 5.74) is 2.80. The Bertz CT molecular complexity index is 363. The van der Waals surface area contributed by atoms with E-state index < -0.39 is 0 Å². The molecule has 1 fully saturated rings. The minimum atomic E-state index is 0.661. The van der Waals surface area contributed by atoms with E-state index in [4.69, 9.17) is 0 Å². The first-order valence-electron chi connectivity index (χ1n) is 7.62. The highest BCUT2D eigenvalue weighted by Crippen LogP contribution is 2.23. The van der Waals surface area contributed by atoms with E-state index in [0.29, 0.717) is 6.04 Å². The number of aryl methyl sites for hydroxylation is 1. The highest BCUT2D eigenvalue weighted by Gasteiger charge is 2.20. The van der Waals surface area contributed by atoms with Crippen LogP contribution in [0.4, 0.5) is 0 Å². The maximum Gasteiger partial charge on any atom is 0.0233 e. The normalized spacial score (nSPS) is 19.5. The summed E-state index contributed by atoms with van der Waals surface area (Å²) in [6.07, 6.45) is 4.05. The van der Waals surface area contributed by atoms with Crippen LogP contribution < -0.4 is 5.32 Å². The number of hydrogen-bond donors (Lipinski definition) is 1. The first kappa shape index (κ1) is 14.5. The molecular weight excluding hydrogens is 232 g/mol. The Hall–Kier alpha value is -0.860. The molecule has 1 atom stereocenters. The summed E-state index contributed by atoms with van der Waals surface area (Å²) in [6, 6.07) is 9.64. The average Bonchev–Trinajstić information content (AvgIpc) is 2.43. The van der Waals surface area contributed by atoms with Crippen LogP contribution in [0.15, 0.2) is 24.3 Å². The van der Waals surface area contributed by atoms with Crippen molar-refractivity contribution in [2.24, 2.45) is 5.92 Å². The molecule has 1 aliphatic rings. The summed E-state index contributed by atoms with van der Waals surface area (Å²) >= 11 is 0. The van der Waals surface area contributed by atoms with Crippen LogP contribution in [0.5, 0.6) is 0 Å². The Balaban J connectivity index is 1.75. The second-order valence-corrected chi connectivity index (χ2v) is 6.13. The van der Waals surface area contributed by atoms with Gasteiger partial charge in [-0.2, -0.15) is 0 Å². The Morgan fingerprint density at radius 2 is 1.84 bits per heavy atom. The van der Waals surface area contributed by atoms with Gasteiger partial charge in [-0.05, 0) is 64.7 Å². The van der Waals surface area contributed by atoms with E-state index in [-0.39, 0.29) is 0 Å². The van der Waals surface area contributed by atoms with Crippen molar-refractivity contribution in [2.45, 2.75) is 45.7 Å². The maximum atomic E-state index is 3.35. The summed E-state index contributed by atoms with van der Waals surface area (Å²) in [4.78, 5) is 2.60. The molecule has 2 heteroatoms. The van der Waals surface area contributed by atoms with E-state index in [1.54, 1.807) is 0 Å². The fourth-order valence-corrected chi connectivity index (χ4v) is 2.95. The number of nitrogens with one attached hydrogen (secondary N) is 1. The van der Waals surface area contributed by atoms with Gasteiger partial charge in [-0.15, -0.1) is 0 Å². The van der Waals surface area contributed by atoms with Crippen molar-refractivity contribution in [3.05, 3.63) is 35.4 Å². The molecule has 0 aromatic heterocycles. The van der Waals surface area contributed by atoms with Crippen molar-refractivity contribution < 1.29 is 0 Å². The quantitative estimate of drug-likeness (QED) is 0.874. The summed E-state index contributed by atoms with van der Waals surface area (Å²) in [6.45, 7) is 8.08. The number of nitrogens with zero attached hydrogens (tertiary/aromatic N) is 1. The zero-order valence-electron chi connectivity index (χ0n) is 12.7. The third-order valence-corrected chi connectivity index (χ3v) is 4.41. The van der Waals surface area contributed by atoms with Gasteiger partial charge in [0.25, 0.3) is 0 Å². The molecule has 0 bridgehead atoms. The molecule has 1 heterocycles. The molecule has 0 amide bonds. The molecule has 1 aromatic rings. The molecular formula is C17H28N2. The van der Waals surface area contributed by atoms with E-state index in [2.05, 4.69) is 55.4 Å². The molecule has 0 spiro atoms. The Labute approximate surface area is 118 Å². The summed E-state index contributed by atoms with van der Waals surface area (Å²) in [5, 5.41) is 3.35. The molecule has 1 unspecified atom stereocenters. The number of piperidine rings is 1. The Morgan fingerprint density at radius 3 is 2.42 bits per heavy atom. The largest absolute Gasteiger partial charge is 0.317 e. The maximum absolute atomic E-state index is 3.35. The zero-order chi connectivity index (χ0) is 13.7. The van der Waals surface area contributed by atoms with E-state index in [1.807, 2.05) is 0 Å². The van der Waals surface area contributed by atoms with Gasteiger partial charge < -0.3 is 5.32 Å². The van der Waals surface area contributed by atoms with E-state index in [1.165, 1.54) is 43.5 Å². The lowest BCUT2D eigenvalue weighted by Crippen LogP contribution is -2.35. The van der Waals surface area contributed by atoms with Crippen molar-refractivity contribution in [1.29, 1.82) is 0 Å². The van der Waals surface area contributed by atoms with Gasteiger partial charge >= 0.3 is 0 Å². The predicted molar refractivity (Wildman–Crippen MR) is 82.3 cm³/mol. The van der Waals surface area contributed by atoms with Crippen molar-refractivity contribution in [2.75, 3.05) is 20.1 Å². The molecule has 106 valence electrons. The topological polar surface area (TPSA) is 15.3 Å². The summed E-state index contributed by atoms with van der Waals surface area (Å²) < 4.78 is 0. The van der Waals surface area contributed by atoms with E-state index in [0.717, 1.165) is 12.5 Å². The van der Waals surface area contributed by atoms with Crippen LogP contribution in [-0.4, -0.2) is 31.1 Å². The Morgan fingerprint density at radius 1 is 1.21 bits per heavy atom. The number of rotatable bonds is 5. The van der Waals surface area contributed by atoms with Crippen molar-refractivity contribution in [3.8, 4) is 0 Å². The van der Waals surface area contributed by atoms with Gasteiger partial charge in [0.15, 0.2) is 0 Å². The highest BCUT2D eigenvalue weighted by molar-refractivity contribution is 5.21. The molecule has 19 heavy (non-hydrogen) atoms. The van der Waals surface area contributed by atoms with Crippen molar-refractivity contribution in [3.63, 3.8) is 0 Å². The fraction of sp³-hybridized carbons (Fsp3) is 0.647. The lowest BCUT2D eigenvalue weighted by atomic mass is 9.90. The first-order valence-corrected chi connectivity index (χ1v) is 7.62. The molecule has 1 aliphatic heterocycles. The second-order valence-electron chi connectivity index (χ2n) is 6.13. The Kier molecular flexibility index (Phi) is 5.41. The van der Waals surface area contributed by atoms with Gasteiger partial charge in [0.05, 0.1) is 0 Å². The van der Waals surface area contributed by atoms with Crippen LogP contribution in [0.1, 0.15) is 37.3 Å². The lowest BCUT2D eigenvalue weighted by molar-refractivity contribution is 0.166. The monoisotopic (exact) mass is 260 g/mol. The lowest BCUT2D eigenvalue weighted by Gasteiger charge is -2.33. The van der Waals surface area contributed by atoms with Crippen LogP contribution in [0, 0.1) is 12.8 Å². The second kappa shape index (κ2) is 7.06. The van der Waals surface area contributed by atoms with Crippen LogP contribution in [0.25, 0.3) is 0 Å². The number of benzene rings is 1. The molecule has 0 saturated carbocycles. The van der Waals surface area contributed by atoms with Crippen molar-refractivity contribution in [1.82, 2.24) is 10.2 Å². The van der Waals surface area contributed by atoms with Gasteiger partial charge in [0.2, 0.25) is 0 Å². The molecule has 1 aromatic carbocycles. The number of likely N-dealkylation sites (tertiary alicyclic amines) is 1. The third kappa shape index (κ3) is 4.63. The van der Waals surface area contributed by atoms with Crippen LogP contribution >= 0.6 is 0 Å². The van der Waals surface area contributed by atoms with Crippen LogP contribution in [-0.2, 0) is 6.54 Å². The minimum absolute atomic E-state index is 0.661. The minimum Gasteiger partial charge on any atom is -0.317 e. The summed E-state index contributed by atoms with van der Waals surface area (Å²) in [5.74, 6) is 0.914. The predicted octanol–water partition coefficient (Wildman–Crippen LogP) is 3.21. The van der Waals surface area contributed by atoms with Gasteiger partial charge in [-0.1, -0.05) is 29.8 Å². The molecule has 2 nitrogen and oxygen atoms in total. The highest BCUT2D eigenvalue weighted by atomic mass is 15.1. The zero-order valence-corrected chi connectivity index (χ0v) is 12.7. The molecule has 0 aliphatic carbocycles. The number of hydrogen-bond acceptors (Lipinski definition) is 2. The van der Waals surface area contributed by atoms with E-state index >= 15 is 0 Å². The smallest absolute Gasteiger partial charge is 0.0233 e. The SMILES string of the molecule is CNC(C)CC1CCN(Cc2ccc(C)cc2)CC1. The molecule has 2 rings (SSSR count). The van der Waals surface area contributed by atoms with E-state index in [9.17, 15) is 0 Å². The van der Waals surface area contributed by atoms with Crippen molar-refractivity contribution >= 4 is 0 Å². The molecule has 0 radical (unpaired) electrons. The van der Waals surface area contributed by atoms with Gasteiger partial charge in [-0.25, -0.2) is 0 Å². The molecule has 1 saturated heterocycles. The van der Waals surface area contributed by atoms with Gasteiger partial charge in [0, 0.05) is 12.6 Å². The first-order chi connectivity index (χ1) is 9.17.